The molecule has 1 saturated heterocycles. The molecule has 1 aromatic carbocycles. The van der Waals surface area contributed by atoms with E-state index in [0.717, 1.165) is 38.3 Å². The molecule has 6 heteroatoms. The molecule has 5 rings (SSSR count). The topological polar surface area (TPSA) is 51.8 Å². The first-order valence-electron chi connectivity index (χ1n) is 9.61. The minimum absolute atomic E-state index is 0.496. The summed E-state index contributed by atoms with van der Waals surface area (Å²) in [4.78, 5) is 2.54. The molecule has 2 aromatic heterocycles. The van der Waals surface area contributed by atoms with Gasteiger partial charge in [0.2, 0.25) is 0 Å². The molecule has 3 aromatic rings. The molecule has 26 heavy (non-hydrogen) atoms. The van der Waals surface area contributed by atoms with Crippen molar-refractivity contribution in [1.82, 2.24) is 29.4 Å². The van der Waals surface area contributed by atoms with Crippen LogP contribution in [0.2, 0.25) is 0 Å². The van der Waals surface area contributed by atoms with Crippen LogP contribution >= 0.6 is 0 Å². The summed E-state index contributed by atoms with van der Waals surface area (Å²) in [7, 11) is 0. The number of hydrogen-bond donors (Lipinski definition) is 0. The average Bonchev–Trinajstić information content (AvgIpc) is 3.39. The molecule has 1 fully saturated rings. The predicted molar refractivity (Wildman–Crippen MR) is 99.2 cm³/mol. The third-order valence-electron chi connectivity index (χ3n) is 5.62. The van der Waals surface area contributed by atoms with E-state index in [1.807, 2.05) is 12.3 Å². The third kappa shape index (κ3) is 2.84. The van der Waals surface area contributed by atoms with Gasteiger partial charge in [0.15, 0.2) is 0 Å². The maximum Gasteiger partial charge on any atom is 0.137 e. The highest BCUT2D eigenvalue weighted by molar-refractivity contribution is 5.32. The smallest absolute Gasteiger partial charge is 0.137 e. The maximum absolute atomic E-state index is 4.53. The molecular formula is C20H24N6. The molecule has 0 radical (unpaired) electrons. The van der Waals surface area contributed by atoms with Gasteiger partial charge in [0.1, 0.15) is 11.6 Å². The molecular weight excluding hydrogens is 324 g/mol. The van der Waals surface area contributed by atoms with Crippen molar-refractivity contribution in [2.75, 3.05) is 13.1 Å². The Kier molecular flexibility index (Phi) is 4.05. The van der Waals surface area contributed by atoms with E-state index in [9.17, 15) is 0 Å². The molecule has 1 atom stereocenters. The van der Waals surface area contributed by atoms with Crippen molar-refractivity contribution in [2.24, 2.45) is 0 Å². The van der Waals surface area contributed by atoms with Gasteiger partial charge in [-0.2, -0.15) is 5.10 Å². The van der Waals surface area contributed by atoms with Crippen LogP contribution in [0.4, 0.5) is 0 Å². The highest BCUT2D eigenvalue weighted by atomic mass is 15.3. The van der Waals surface area contributed by atoms with Gasteiger partial charge in [0, 0.05) is 38.2 Å². The van der Waals surface area contributed by atoms with Gasteiger partial charge in [-0.1, -0.05) is 18.2 Å². The fourth-order valence-corrected chi connectivity index (χ4v) is 4.37. The fourth-order valence-electron chi connectivity index (χ4n) is 4.37. The Labute approximate surface area is 153 Å². The van der Waals surface area contributed by atoms with E-state index in [1.165, 1.54) is 36.6 Å². The number of nitrogens with zero attached hydrogens (tertiary/aromatic N) is 6. The normalized spacial score (nSPS) is 20.4. The van der Waals surface area contributed by atoms with Crippen LogP contribution in [0.25, 0.3) is 5.69 Å². The zero-order valence-electron chi connectivity index (χ0n) is 15.0. The Morgan fingerprint density at radius 3 is 2.85 bits per heavy atom. The maximum atomic E-state index is 4.53. The van der Waals surface area contributed by atoms with Crippen LogP contribution < -0.4 is 0 Å². The van der Waals surface area contributed by atoms with Gasteiger partial charge in [0.05, 0.1) is 11.4 Å². The fraction of sp³-hybridized carbons (Fsp3) is 0.450. The van der Waals surface area contributed by atoms with Crippen LogP contribution in [0, 0.1) is 0 Å². The molecule has 0 bridgehead atoms. The number of hydrogen-bond acceptors (Lipinski definition) is 4. The monoisotopic (exact) mass is 348 g/mol. The van der Waals surface area contributed by atoms with Crippen LogP contribution in [-0.4, -0.2) is 42.5 Å². The standard InChI is InChI=1S/C20H24N6/c1-2-7-17(8-3-1)26-18(10-11-21-26)15-24-12-4-6-16(14-24)20-23-22-19-9-5-13-25(19)20/h1-3,7-8,10-11,16H,4-6,9,12-15H2/t16-/m1/s1. The van der Waals surface area contributed by atoms with Crippen molar-refractivity contribution < 1.29 is 0 Å². The lowest BCUT2D eigenvalue weighted by Gasteiger charge is -2.32. The summed E-state index contributed by atoms with van der Waals surface area (Å²) < 4.78 is 4.42. The van der Waals surface area contributed by atoms with E-state index in [1.54, 1.807) is 0 Å². The van der Waals surface area contributed by atoms with Crippen molar-refractivity contribution in [2.45, 2.75) is 44.7 Å². The first kappa shape index (κ1) is 15.8. The second-order valence-electron chi connectivity index (χ2n) is 7.37. The average molecular weight is 348 g/mol. The molecule has 0 saturated carbocycles. The second-order valence-corrected chi connectivity index (χ2v) is 7.37. The number of rotatable bonds is 4. The molecule has 4 heterocycles. The van der Waals surface area contributed by atoms with Crippen LogP contribution in [0.1, 0.15) is 42.5 Å². The summed E-state index contributed by atoms with van der Waals surface area (Å²) in [5, 5.41) is 13.5. The van der Waals surface area contributed by atoms with E-state index >= 15 is 0 Å². The Balaban J connectivity index is 1.33. The lowest BCUT2D eigenvalue weighted by molar-refractivity contribution is 0.191. The van der Waals surface area contributed by atoms with Gasteiger partial charge in [-0.25, -0.2) is 4.68 Å². The molecule has 2 aliphatic heterocycles. The second kappa shape index (κ2) is 6.68. The minimum atomic E-state index is 0.496. The number of benzene rings is 1. The minimum Gasteiger partial charge on any atom is -0.315 e. The summed E-state index contributed by atoms with van der Waals surface area (Å²) in [5.41, 5.74) is 2.36. The van der Waals surface area contributed by atoms with Crippen LogP contribution in [0.5, 0.6) is 0 Å². The Hall–Kier alpha value is -2.47. The van der Waals surface area contributed by atoms with Crippen LogP contribution in [-0.2, 0) is 19.5 Å². The van der Waals surface area contributed by atoms with Gasteiger partial charge in [-0.3, -0.25) is 4.90 Å². The van der Waals surface area contributed by atoms with Crippen LogP contribution in [0.15, 0.2) is 42.6 Å². The van der Waals surface area contributed by atoms with Gasteiger partial charge in [-0.15, -0.1) is 10.2 Å². The van der Waals surface area contributed by atoms with E-state index in [4.69, 9.17) is 0 Å². The SMILES string of the molecule is c1ccc(-n2nccc2CN2CCC[C@@H](c3nnc4n3CCC4)C2)cc1. The van der Waals surface area contributed by atoms with E-state index < -0.39 is 0 Å². The summed E-state index contributed by atoms with van der Waals surface area (Å²) in [6.07, 6.45) is 6.62. The van der Waals surface area contributed by atoms with E-state index in [-0.39, 0.29) is 0 Å². The molecule has 0 amide bonds. The van der Waals surface area contributed by atoms with Crippen molar-refractivity contribution >= 4 is 0 Å². The van der Waals surface area contributed by atoms with Crippen molar-refractivity contribution in [3.05, 3.63) is 59.9 Å². The highest BCUT2D eigenvalue weighted by Crippen LogP contribution is 2.29. The van der Waals surface area contributed by atoms with Gasteiger partial charge in [0.25, 0.3) is 0 Å². The first-order chi connectivity index (χ1) is 12.9. The van der Waals surface area contributed by atoms with E-state index in [2.05, 4.69) is 59.8 Å². The van der Waals surface area contributed by atoms with E-state index in [0.29, 0.717) is 5.92 Å². The lowest BCUT2D eigenvalue weighted by Crippen LogP contribution is -2.35. The van der Waals surface area contributed by atoms with Gasteiger partial charge < -0.3 is 4.57 Å². The number of fused-ring (bicyclic) bond motifs is 1. The summed E-state index contributed by atoms with van der Waals surface area (Å²) in [6, 6.07) is 12.5. The largest absolute Gasteiger partial charge is 0.315 e. The Morgan fingerprint density at radius 2 is 1.92 bits per heavy atom. The summed E-state index contributed by atoms with van der Waals surface area (Å²) >= 11 is 0. The number of para-hydroxylation sites is 1. The van der Waals surface area contributed by atoms with Crippen molar-refractivity contribution in [3.8, 4) is 5.69 Å². The van der Waals surface area contributed by atoms with Gasteiger partial charge in [-0.05, 0) is 44.0 Å². The number of aryl methyl sites for hydroxylation is 1. The molecule has 0 spiro atoms. The zero-order chi connectivity index (χ0) is 17.3. The molecule has 2 aliphatic rings. The molecule has 134 valence electrons. The number of piperidine rings is 1. The predicted octanol–water partition coefficient (Wildman–Crippen LogP) is 2.79. The molecule has 0 aliphatic carbocycles. The van der Waals surface area contributed by atoms with Crippen molar-refractivity contribution in [3.63, 3.8) is 0 Å². The third-order valence-corrected chi connectivity index (χ3v) is 5.62. The molecule has 0 N–H and O–H groups in total. The van der Waals surface area contributed by atoms with Crippen molar-refractivity contribution in [1.29, 1.82) is 0 Å². The van der Waals surface area contributed by atoms with Gasteiger partial charge >= 0.3 is 0 Å². The highest BCUT2D eigenvalue weighted by Gasteiger charge is 2.28. The molecule has 6 nitrogen and oxygen atoms in total. The zero-order valence-corrected chi connectivity index (χ0v) is 15.0. The molecule has 0 unspecified atom stereocenters. The Morgan fingerprint density at radius 1 is 1.00 bits per heavy atom. The Bertz CT molecular complexity index is 881. The quantitative estimate of drug-likeness (QED) is 0.727. The summed E-state index contributed by atoms with van der Waals surface area (Å²) in [6.45, 7) is 4.21. The summed E-state index contributed by atoms with van der Waals surface area (Å²) in [5.74, 6) is 2.88. The van der Waals surface area contributed by atoms with Crippen LogP contribution in [0.3, 0.4) is 0 Å². The number of likely N-dealkylation sites (tertiary alicyclic amines) is 1. The lowest BCUT2D eigenvalue weighted by atomic mass is 9.97. The number of aromatic nitrogens is 5. The first-order valence-corrected chi connectivity index (χ1v) is 9.61.